The zero-order chi connectivity index (χ0) is 20.6. The van der Waals surface area contributed by atoms with Gasteiger partial charge in [0.05, 0.1) is 24.2 Å². The summed E-state index contributed by atoms with van der Waals surface area (Å²) in [6.07, 6.45) is 4.23. The number of ether oxygens (including phenoxy) is 2. The molecule has 0 aromatic heterocycles. The van der Waals surface area contributed by atoms with Gasteiger partial charge >= 0.3 is 6.09 Å². The number of hydrogen-bond donors (Lipinski definition) is 1. The third kappa shape index (κ3) is 4.20. The van der Waals surface area contributed by atoms with E-state index >= 15 is 0 Å². The van der Waals surface area contributed by atoms with Gasteiger partial charge in [0.1, 0.15) is 5.60 Å². The summed E-state index contributed by atoms with van der Waals surface area (Å²) in [5, 5.41) is 4.18. The fraction of sp³-hybridized carbons (Fsp3) is 0.474. The van der Waals surface area contributed by atoms with Gasteiger partial charge in [-0.3, -0.25) is 0 Å². The molecule has 0 saturated carbocycles. The first kappa shape index (κ1) is 20.3. The van der Waals surface area contributed by atoms with Crippen LogP contribution in [0.3, 0.4) is 0 Å². The van der Waals surface area contributed by atoms with Crippen LogP contribution in [0.4, 0.5) is 4.79 Å². The van der Waals surface area contributed by atoms with Crippen molar-refractivity contribution in [2.24, 2.45) is 5.10 Å². The summed E-state index contributed by atoms with van der Waals surface area (Å²) in [7, 11) is -0.811. The van der Waals surface area contributed by atoms with E-state index in [0.29, 0.717) is 18.6 Å². The van der Waals surface area contributed by atoms with Crippen LogP contribution >= 0.6 is 0 Å². The molecule has 152 valence electrons. The monoisotopic (exact) mass is 407 g/mol. The number of amides is 1. The van der Waals surface area contributed by atoms with E-state index in [1.807, 2.05) is 26.0 Å². The van der Waals surface area contributed by atoms with E-state index in [2.05, 4.69) is 9.93 Å². The first-order valence-corrected chi connectivity index (χ1v) is 10.4. The number of benzene rings is 1. The Labute approximate surface area is 165 Å². The summed E-state index contributed by atoms with van der Waals surface area (Å²) in [6.45, 7) is 4.07. The van der Waals surface area contributed by atoms with Crippen LogP contribution in [-0.2, 0) is 19.5 Å². The maximum Gasteiger partial charge on any atom is 0.409 e. The van der Waals surface area contributed by atoms with E-state index in [1.165, 1.54) is 12.0 Å². The molecule has 1 N–H and O–H groups in total. The van der Waals surface area contributed by atoms with E-state index in [0.717, 1.165) is 5.56 Å². The van der Waals surface area contributed by atoms with Gasteiger partial charge < -0.3 is 14.4 Å². The molecule has 2 heterocycles. The second kappa shape index (κ2) is 7.21. The SMILES string of the molecule is COC(=O)N(C)C[C@]12C=C[C@](C)(CC(=NNS(=O)(=O)c3ccc(C)cc3)C1)O2. The Balaban J connectivity index is 1.78. The van der Waals surface area contributed by atoms with Crippen LogP contribution in [0.1, 0.15) is 25.3 Å². The number of hydrogen-bond acceptors (Lipinski definition) is 6. The molecule has 1 aromatic rings. The van der Waals surface area contributed by atoms with Crippen molar-refractivity contribution in [1.29, 1.82) is 0 Å². The van der Waals surface area contributed by atoms with Crippen molar-refractivity contribution in [3.05, 3.63) is 42.0 Å². The number of sulfonamides is 1. The fourth-order valence-corrected chi connectivity index (χ4v) is 4.45. The highest BCUT2D eigenvalue weighted by Crippen LogP contribution is 2.42. The fourth-order valence-electron chi connectivity index (χ4n) is 3.60. The first-order chi connectivity index (χ1) is 13.1. The Bertz CT molecular complexity index is 925. The van der Waals surface area contributed by atoms with Gasteiger partial charge in [-0.25, -0.2) is 9.63 Å². The molecule has 1 fully saturated rings. The first-order valence-electron chi connectivity index (χ1n) is 8.90. The molecule has 1 aromatic carbocycles. The molecular formula is C19H25N3O5S. The standard InChI is InChI=1S/C19H25N3O5S/c1-14-5-7-16(8-6-14)28(24,25)21-20-15-11-18(2)9-10-19(12-15,27-18)13-22(3)17(23)26-4/h5-10,21H,11-13H2,1-4H3/t18-,19+/m1/s1. The largest absolute Gasteiger partial charge is 0.453 e. The molecule has 0 unspecified atom stereocenters. The quantitative estimate of drug-likeness (QED) is 0.596. The van der Waals surface area contributed by atoms with Crippen LogP contribution in [0, 0.1) is 6.92 Å². The van der Waals surface area contributed by atoms with Crippen LogP contribution < -0.4 is 4.83 Å². The minimum absolute atomic E-state index is 0.155. The minimum atomic E-state index is -3.75. The molecule has 3 rings (SSSR count). The molecule has 0 aliphatic carbocycles. The molecule has 8 nitrogen and oxygen atoms in total. The Morgan fingerprint density at radius 2 is 1.96 bits per heavy atom. The van der Waals surface area contributed by atoms with Gasteiger partial charge in [-0.05, 0) is 26.0 Å². The Morgan fingerprint density at radius 1 is 1.29 bits per heavy atom. The van der Waals surface area contributed by atoms with Gasteiger partial charge in [0.2, 0.25) is 0 Å². The van der Waals surface area contributed by atoms with Gasteiger partial charge in [0.25, 0.3) is 10.0 Å². The Kier molecular flexibility index (Phi) is 5.24. The summed E-state index contributed by atoms with van der Waals surface area (Å²) in [5.74, 6) is 0. The smallest absolute Gasteiger partial charge is 0.409 e. The number of nitrogens with zero attached hydrogens (tertiary/aromatic N) is 2. The summed E-state index contributed by atoms with van der Waals surface area (Å²) >= 11 is 0. The molecule has 2 bridgehead atoms. The van der Waals surface area contributed by atoms with Crippen molar-refractivity contribution in [2.75, 3.05) is 20.7 Å². The Morgan fingerprint density at radius 3 is 2.61 bits per heavy atom. The number of nitrogens with one attached hydrogen (secondary N) is 1. The van der Waals surface area contributed by atoms with Crippen molar-refractivity contribution in [3.63, 3.8) is 0 Å². The summed E-state index contributed by atoms with van der Waals surface area (Å²) < 4.78 is 35.9. The molecule has 2 aliphatic rings. The van der Waals surface area contributed by atoms with E-state index in [-0.39, 0.29) is 11.4 Å². The maximum absolute atomic E-state index is 12.5. The lowest BCUT2D eigenvalue weighted by Crippen LogP contribution is -2.51. The molecule has 1 saturated heterocycles. The lowest BCUT2D eigenvalue weighted by molar-refractivity contribution is -0.0929. The highest BCUT2D eigenvalue weighted by atomic mass is 32.2. The molecule has 28 heavy (non-hydrogen) atoms. The van der Waals surface area contributed by atoms with E-state index in [4.69, 9.17) is 9.47 Å². The van der Waals surface area contributed by atoms with Crippen LogP contribution in [0.5, 0.6) is 0 Å². The Hall–Kier alpha value is -2.39. The third-order valence-corrected chi connectivity index (χ3v) is 6.11. The van der Waals surface area contributed by atoms with Gasteiger partial charge in [0, 0.05) is 25.6 Å². The molecule has 2 atom stereocenters. The van der Waals surface area contributed by atoms with Crippen molar-refractivity contribution in [3.8, 4) is 0 Å². The average Bonchev–Trinajstić information content (AvgIpc) is 2.88. The number of hydrazone groups is 1. The van der Waals surface area contributed by atoms with E-state index in [1.54, 1.807) is 31.3 Å². The maximum atomic E-state index is 12.5. The number of fused-ring (bicyclic) bond motifs is 2. The molecule has 2 aliphatic heterocycles. The second-order valence-electron chi connectivity index (χ2n) is 7.58. The zero-order valence-electron chi connectivity index (χ0n) is 16.4. The lowest BCUT2D eigenvalue weighted by Gasteiger charge is -2.40. The molecule has 9 heteroatoms. The van der Waals surface area contributed by atoms with Crippen molar-refractivity contribution in [2.45, 2.75) is 42.8 Å². The number of likely N-dealkylation sites (N-methyl/N-ethyl adjacent to an activating group) is 1. The highest BCUT2D eigenvalue weighted by Gasteiger charge is 2.49. The van der Waals surface area contributed by atoms with Crippen LogP contribution in [0.2, 0.25) is 0 Å². The average molecular weight is 407 g/mol. The van der Waals surface area contributed by atoms with Gasteiger partial charge in [0.15, 0.2) is 0 Å². The van der Waals surface area contributed by atoms with Gasteiger partial charge in [-0.1, -0.05) is 29.8 Å². The predicted molar refractivity (Wildman–Crippen MR) is 105 cm³/mol. The van der Waals surface area contributed by atoms with E-state index < -0.39 is 27.3 Å². The molecule has 0 radical (unpaired) electrons. The zero-order valence-corrected chi connectivity index (χ0v) is 17.2. The van der Waals surface area contributed by atoms with Crippen LogP contribution in [0.15, 0.2) is 46.4 Å². The lowest BCUT2D eigenvalue weighted by atomic mass is 9.90. The van der Waals surface area contributed by atoms with Crippen molar-refractivity contribution in [1.82, 2.24) is 9.73 Å². The summed E-state index contributed by atoms with van der Waals surface area (Å²) in [5.41, 5.74) is 0.280. The van der Waals surface area contributed by atoms with Crippen LogP contribution in [-0.4, -0.2) is 57.0 Å². The summed E-state index contributed by atoms with van der Waals surface area (Å²) in [6, 6.07) is 6.56. The van der Waals surface area contributed by atoms with E-state index in [9.17, 15) is 13.2 Å². The number of aryl methyl sites for hydroxylation is 1. The number of rotatable bonds is 5. The van der Waals surface area contributed by atoms with Gasteiger partial charge in [-0.15, -0.1) is 0 Å². The van der Waals surface area contributed by atoms with Crippen molar-refractivity contribution >= 4 is 21.8 Å². The normalized spacial score (nSPS) is 27.6. The number of carbonyl (C=O) groups excluding carboxylic acids is 1. The minimum Gasteiger partial charge on any atom is -0.453 e. The number of carbonyl (C=O) groups is 1. The van der Waals surface area contributed by atoms with Crippen molar-refractivity contribution < 1.29 is 22.7 Å². The number of methoxy groups -OCH3 is 1. The highest BCUT2D eigenvalue weighted by molar-refractivity contribution is 7.89. The molecule has 0 spiro atoms. The second-order valence-corrected chi connectivity index (χ2v) is 9.24. The topological polar surface area (TPSA) is 97.3 Å². The third-order valence-electron chi connectivity index (χ3n) is 4.88. The summed E-state index contributed by atoms with van der Waals surface area (Å²) in [4.78, 5) is 15.7. The molecule has 1 amide bonds. The van der Waals surface area contributed by atoms with Crippen LogP contribution in [0.25, 0.3) is 0 Å². The molecular weight excluding hydrogens is 382 g/mol. The predicted octanol–water partition coefficient (Wildman–Crippen LogP) is 2.21. The van der Waals surface area contributed by atoms with Gasteiger partial charge in [-0.2, -0.15) is 13.5 Å².